The molecule has 1 aromatic rings. The summed E-state index contributed by atoms with van der Waals surface area (Å²) >= 11 is 0. The van der Waals surface area contributed by atoms with Crippen LogP contribution in [0.1, 0.15) is 5.56 Å². The summed E-state index contributed by atoms with van der Waals surface area (Å²) in [7, 11) is 0. The summed E-state index contributed by atoms with van der Waals surface area (Å²) in [4.78, 5) is 26.1. The Labute approximate surface area is 119 Å². The first-order chi connectivity index (χ1) is 9.79. The second-order valence-corrected chi connectivity index (χ2v) is 4.93. The van der Waals surface area contributed by atoms with Crippen molar-refractivity contribution in [1.29, 1.82) is 0 Å². The standard InChI is InChI=1S/C15H21N3O2/c19-13-17-8-10-18(11-9-17)15(20)12-16-7-6-14-4-2-1-3-5-14/h1-5,13,16H,6-12H2. The summed E-state index contributed by atoms with van der Waals surface area (Å²) in [6, 6.07) is 10.2. The Morgan fingerprint density at radius 3 is 2.50 bits per heavy atom. The van der Waals surface area contributed by atoms with Crippen LogP contribution in [0, 0.1) is 0 Å². The fourth-order valence-electron chi connectivity index (χ4n) is 2.26. The zero-order valence-corrected chi connectivity index (χ0v) is 11.6. The van der Waals surface area contributed by atoms with Gasteiger partial charge in [-0.1, -0.05) is 30.3 Å². The van der Waals surface area contributed by atoms with Crippen LogP contribution in [0.5, 0.6) is 0 Å². The lowest BCUT2D eigenvalue weighted by atomic mass is 10.1. The van der Waals surface area contributed by atoms with Crippen molar-refractivity contribution in [2.24, 2.45) is 0 Å². The Bertz CT molecular complexity index is 428. The van der Waals surface area contributed by atoms with Crippen molar-refractivity contribution in [2.75, 3.05) is 39.3 Å². The Balaban J connectivity index is 1.62. The van der Waals surface area contributed by atoms with E-state index in [1.54, 1.807) is 4.90 Å². The summed E-state index contributed by atoms with van der Waals surface area (Å²) in [6.45, 7) is 3.71. The molecule has 0 atom stereocenters. The number of rotatable bonds is 6. The van der Waals surface area contributed by atoms with E-state index >= 15 is 0 Å². The largest absolute Gasteiger partial charge is 0.342 e. The first-order valence-corrected chi connectivity index (χ1v) is 7.01. The van der Waals surface area contributed by atoms with Gasteiger partial charge >= 0.3 is 0 Å². The summed E-state index contributed by atoms with van der Waals surface area (Å²) in [6.07, 6.45) is 1.77. The summed E-state index contributed by atoms with van der Waals surface area (Å²) < 4.78 is 0. The molecule has 1 aliphatic heterocycles. The molecule has 1 aliphatic rings. The van der Waals surface area contributed by atoms with Gasteiger partial charge in [-0.25, -0.2) is 0 Å². The number of nitrogens with zero attached hydrogens (tertiary/aromatic N) is 2. The van der Waals surface area contributed by atoms with Crippen molar-refractivity contribution in [2.45, 2.75) is 6.42 Å². The molecule has 0 radical (unpaired) electrons. The van der Waals surface area contributed by atoms with Gasteiger partial charge in [0.1, 0.15) is 0 Å². The molecule has 0 aromatic heterocycles. The number of hydrogen-bond donors (Lipinski definition) is 1. The van der Waals surface area contributed by atoms with Crippen LogP contribution in [0.4, 0.5) is 0 Å². The van der Waals surface area contributed by atoms with Crippen LogP contribution in [-0.4, -0.2) is 61.4 Å². The maximum atomic E-state index is 12.0. The average molecular weight is 275 g/mol. The molecule has 5 heteroatoms. The maximum Gasteiger partial charge on any atom is 0.236 e. The molecule has 0 saturated carbocycles. The molecule has 0 unspecified atom stereocenters. The highest BCUT2D eigenvalue weighted by molar-refractivity contribution is 5.78. The molecule has 1 fully saturated rings. The van der Waals surface area contributed by atoms with E-state index in [1.165, 1.54) is 5.56 Å². The van der Waals surface area contributed by atoms with Crippen LogP contribution < -0.4 is 5.32 Å². The Hall–Kier alpha value is -1.88. The van der Waals surface area contributed by atoms with Crippen molar-refractivity contribution in [3.05, 3.63) is 35.9 Å². The normalized spacial score (nSPS) is 15.2. The number of nitrogens with one attached hydrogen (secondary N) is 1. The molecule has 0 bridgehead atoms. The molecule has 2 amide bonds. The van der Waals surface area contributed by atoms with Gasteiger partial charge < -0.3 is 15.1 Å². The maximum absolute atomic E-state index is 12.0. The molecule has 2 rings (SSSR count). The van der Waals surface area contributed by atoms with E-state index in [1.807, 2.05) is 23.1 Å². The summed E-state index contributed by atoms with van der Waals surface area (Å²) in [5.41, 5.74) is 1.27. The highest BCUT2D eigenvalue weighted by atomic mass is 16.2. The number of amides is 2. The molecule has 1 heterocycles. The summed E-state index contributed by atoms with van der Waals surface area (Å²) in [5, 5.41) is 3.18. The third kappa shape index (κ3) is 4.35. The van der Waals surface area contributed by atoms with Gasteiger partial charge in [-0.15, -0.1) is 0 Å². The lowest BCUT2D eigenvalue weighted by Crippen LogP contribution is -2.50. The molecular weight excluding hydrogens is 254 g/mol. The van der Waals surface area contributed by atoms with Gasteiger partial charge in [0.25, 0.3) is 0 Å². The van der Waals surface area contributed by atoms with E-state index in [0.29, 0.717) is 32.7 Å². The Morgan fingerprint density at radius 2 is 1.85 bits per heavy atom. The number of carbonyl (C=O) groups excluding carboxylic acids is 2. The van der Waals surface area contributed by atoms with Crippen molar-refractivity contribution < 1.29 is 9.59 Å². The van der Waals surface area contributed by atoms with Crippen LogP contribution in [0.3, 0.4) is 0 Å². The van der Waals surface area contributed by atoms with E-state index < -0.39 is 0 Å². The fourth-order valence-corrected chi connectivity index (χ4v) is 2.26. The first-order valence-electron chi connectivity index (χ1n) is 7.01. The van der Waals surface area contributed by atoms with Crippen molar-refractivity contribution >= 4 is 12.3 Å². The average Bonchev–Trinajstić information content (AvgIpc) is 2.52. The summed E-state index contributed by atoms with van der Waals surface area (Å²) in [5.74, 6) is 0.114. The topological polar surface area (TPSA) is 52.7 Å². The van der Waals surface area contributed by atoms with Gasteiger partial charge in [-0.3, -0.25) is 9.59 Å². The molecular formula is C15H21N3O2. The van der Waals surface area contributed by atoms with Crippen LogP contribution in [-0.2, 0) is 16.0 Å². The molecule has 0 spiro atoms. The predicted molar refractivity (Wildman–Crippen MR) is 77.2 cm³/mol. The zero-order chi connectivity index (χ0) is 14.2. The van der Waals surface area contributed by atoms with Crippen molar-refractivity contribution in [1.82, 2.24) is 15.1 Å². The lowest BCUT2D eigenvalue weighted by molar-refractivity contribution is -0.134. The van der Waals surface area contributed by atoms with E-state index in [2.05, 4.69) is 17.4 Å². The molecule has 1 N–H and O–H groups in total. The quantitative estimate of drug-likeness (QED) is 0.592. The minimum atomic E-state index is 0.114. The van der Waals surface area contributed by atoms with Gasteiger partial charge in [0.15, 0.2) is 0 Å². The van der Waals surface area contributed by atoms with Crippen LogP contribution in [0.25, 0.3) is 0 Å². The second kappa shape index (κ2) is 7.65. The van der Waals surface area contributed by atoms with Crippen LogP contribution in [0.15, 0.2) is 30.3 Å². The smallest absolute Gasteiger partial charge is 0.236 e. The van der Waals surface area contributed by atoms with Crippen molar-refractivity contribution in [3.8, 4) is 0 Å². The first kappa shape index (κ1) is 14.5. The second-order valence-electron chi connectivity index (χ2n) is 4.93. The predicted octanol–water partition coefficient (Wildman–Crippen LogP) is 0.119. The van der Waals surface area contributed by atoms with Gasteiger partial charge in [0.05, 0.1) is 6.54 Å². The number of carbonyl (C=O) groups is 2. The third-order valence-corrected chi connectivity index (χ3v) is 3.53. The van der Waals surface area contributed by atoms with E-state index in [-0.39, 0.29) is 5.91 Å². The SMILES string of the molecule is O=CN1CCN(C(=O)CNCCc2ccccc2)CC1. The van der Waals surface area contributed by atoms with Crippen LogP contribution >= 0.6 is 0 Å². The zero-order valence-electron chi connectivity index (χ0n) is 11.6. The monoisotopic (exact) mass is 275 g/mol. The molecule has 1 aromatic carbocycles. The van der Waals surface area contributed by atoms with Gasteiger partial charge in [-0.05, 0) is 18.5 Å². The molecule has 1 saturated heterocycles. The third-order valence-electron chi connectivity index (χ3n) is 3.53. The van der Waals surface area contributed by atoms with E-state index in [9.17, 15) is 9.59 Å². The van der Waals surface area contributed by atoms with Crippen molar-refractivity contribution in [3.63, 3.8) is 0 Å². The minimum absolute atomic E-state index is 0.114. The highest BCUT2D eigenvalue weighted by Gasteiger charge is 2.19. The molecule has 20 heavy (non-hydrogen) atoms. The lowest BCUT2D eigenvalue weighted by Gasteiger charge is -2.32. The fraction of sp³-hybridized carbons (Fsp3) is 0.467. The number of piperazine rings is 1. The molecule has 0 aliphatic carbocycles. The van der Waals surface area contributed by atoms with Gasteiger partial charge in [0.2, 0.25) is 12.3 Å². The highest BCUT2D eigenvalue weighted by Crippen LogP contribution is 2.00. The number of benzene rings is 1. The molecule has 5 nitrogen and oxygen atoms in total. The Morgan fingerprint density at radius 1 is 1.15 bits per heavy atom. The van der Waals surface area contributed by atoms with E-state index in [4.69, 9.17) is 0 Å². The Kier molecular flexibility index (Phi) is 5.55. The minimum Gasteiger partial charge on any atom is -0.342 e. The number of hydrogen-bond acceptors (Lipinski definition) is 3. The van der Waals surface area contributed by atoms with Gasteiger partial charge in [-0.2, -0.15) is 0 Å². The van der Waals surface area contributed by atoms with Crippen LogP contribution in [0.2, 0.25) is 0 Å². The van der Waals surface area contributed by atoms with Gasteiger partial charge in [0, 0.05) is 26.2 Å². The molecule has 108 valence electrons. The van der Waals surface area contributed by atoms with E-state index in [0.717, 1.165) is 19.4 Å².